The second-order valence-electron chi connectivity index (χ2n) is 16.3. The van der Waals surface area contributed by atoms with E-state index in [1.54, 1.807) is 0 Å². The second-order valence-corrected chi connectivity index (χ2v) is 16.3. The highest BCUT2D eigenvalue weighted by molar-refractivity contribution is 6.12. The van der Waals surface area contributed by atoms with Crippen molar-refractivity contribution in [2.24, 2.45) is 0 Å². The van der Waals surface area contributed by atoms with Gasteiger partial charge in [0.1, 0.15) is 0 Å². The van der Waals surface area contributed by atoms with Crippen LogP contribution >= 0.6 is 0 Å². The summed E-state index contributed by atoms with van der Waals surface area (Å²) in [6.45, 7) is 9.64. The Morgan fingerprint density at radius 3 is 1.67 bits per heavy atom. The van der Waals surface area contributed by atoms with Crippen LogP contribution in [0.1, 0.15) is 51.7 Å². The highest BCUT2D eigenvalue weighted by atomic mass is 15.0. The summed E-state index contributed by atoms with van der Waals surface area (Å²) in [7, 11) is 0. The van der Waals surface area contributed by atoms with Gasteiger partial charge in [-0.2, -0.15) is 0 Å². The maximum absolute atomic E-state index is 5.23. The number of para-hydroxylation sites is 1. The fourth-order valence-electron chi connectivity index (χ4n) is 8.77. The first-order chi connectivity index (χ1) is 26.7. The van der Waals surface area contributed by atoms with Crippen molar-refractivity contribution in [2.75, 3.05) is 0 Å². The minimum Gasteiger partial charge on any atom is -0.309 e. The minimum absolute atomic E-state index is 0.0969. The van der Waals surface area contributed by atoms with Crippen LogP contribution in [-0.4, -0.2) is 19.5 Å². The fraction of sp³-hybridized carbons (Fsp3) is 0.157. The van der Waals surface area contributed by atoms with Crippen LogP contribution in [0.3, 0.4) is 0 Å². The van der Waals surface area contributed by atoms with Crippen LogP contribution in [-0.2, 0) is 10.8 Å². The Balaban J connectivity index is 1.20. The van der Waals surface area contributed by atoms with E-state index in [0.717, 1.165) is 44.3 Å². The van der Waals surface area contributed by atoms with Gasteiger partial charge in [-0.1, -0.05) is 149 Å². The van der Waals surface area contributed by atoms with Gasteiger partial charge in [0.25, 0.3) is 0 Å². The number of aromatic nitrogens is 4. The van der Waals surface area contributed by atoms with Crippen LogP contribution in [0.25, 0.3) is 83.6 Å². The summed E-state index contributed by atoms with van der Waals surface area (Å²) in [5, 5.41) is 4.83. The van der Waals surface area contributed by atoms with Gasteiger partial charge in [-0.15, -0.1) is 0 Å². The summed E-state index contributed by atoms with van der Waals surface area (Å²) in [4.78, 5) is 15.5. The molecular formula is C51H42N4. The monoisotopic (exact) mass is 710 g/mol. The van der Waals surface area contributed by atoms with Crippen molar-refractivity contribution in [2.45, 2.75) is 51.4 Å². The summed E-state index contributed by atoms with van der Waals surface area (Å²) < 4.78 is 2.48. The van der Waals surface area contributed by atoms with Gasteiger partial charge in [-0.05, 0) is 87.7 Å². The molecule has 0 aliphatic heterocycles. The molecule has 0 amide bonds. The predicted octanol–water partition coefficient (Wildman–Crippen LogP) is 13.1. The third-order valence-corrected chi connectivity index (χ3v) is 11.9. The van der Waals surface area contributed by atoms with E-state index in [2.05, 4.69) is 166 Å². The summed E-state index contributed by atoms with van der Waals surface area (Å²) in [6.07, 6.45) is 2.36. The van der Waals surface area contributed by atoms with Crippen molar-refractivity contribution >= 4 is 32.6 Å². The first-order valence-electron chi connectivity index (χ1n) is 19.3. The van der Waals surface area contributed by atoms with E-state index >= 15 is 0 Å². The zero-order valence-electron chi connectivity index (χ0n) is 31.7. The van der Waals surface area contributed by atoms with Crippen molar-refractivity contribution in [3.63, 3.8) is 0 Å². The number of hydrogen-bond acceptors (Lipinski definition) is 3. The summed E-state index contributed by atoms with van der Waals surface area (Å²) in [6, 6.07) is 56.2. The molecule has 7 aromatic carbocycles. The molecule has 0 bridgehead atoms. The SMILES string of the molecule is CC1(C)CCC(C)(C)c2cc3c(cc21)c1ccccc1n3-c1ccc(-c2nc(-c3ccccc3)nc(-c3cccc(-c4ccccc4)c3)n2)c2ccccc12. The maximum atomic E-state index is 5.23. The molecule has 2 aromatic heterocycles. The van der Waals surface area contributed by atoms with Gasteiger partial charge in [0.05, 0.1) is 16.7 Å². The molecular weight excluding hydrogens is 669 g/mol. The van der Waals surface area contributed by atoms with Crippen molar-refractivity contribution in [1.29, 1.82) is 0 Å². The molecule has 0 spiro atoms. The number of hydrogen-bond donors (Lipinski definition) is 0. The minimum atomic E-state index is 0.0969. The van der Waals surface area contributed by atoms with E-state index in [-0.39, 0.29) is 10.8 Å². The first kappa shape index (κ1) is 33.2. The molecule has 1 aliphatic rings. The summed E-state index contributed by atoms with van der Waals surface area (Å²) in [5.41, 5.74) is 11.9. The molecule has 4 nitrogen and oxygen atoms in total. The third-order valence-electron chi connectivity index (χ3n) is 11.9. The Kier molecular flexibility index (Phi) is 7.60. The topological polar surface area (TPSA) is 43.6 Å². The average molecular weight is 711 g/mol. The Morgan fingerprint density at radius 1 is 0.400 bits per heavy atom. The van der Waals surface area contributed by atoms with Crippen LogP contribution in [0, 0.1) is 0 Å². The molecule has 0 saturated carbocycles. The van der Waals surface area contributed by atoms with Crippen molar-refractivity contribution in [3.05, 3.63) is 169 Å². The van der Waals surface area contributed by atoms with Crippen molar-refractivity contribution in [1.82, 2.24) is 19.5 Å². The molecule has 0 N–H and O–H groups in total. The molecule has 10 rings (SSSR count). The van der Waals surface area contributed by atoms with Crippen LogP contribution < -0.4 is 0 Å². The number of fused-ring (bicyclic) bond motifs is 5. The number of rotatable bonds is 5. The van der Waals surface area contributed by atoms with Crippen LogP contribution in [0.5, 0.6) is 0 Å². The van der Waals surface area contributed by atoms with Crippen LogP contribution in [0.4, 0.5) is 0 Å². The molecule has 0 atom stereocenters. The summed E-state index contributed by atoms with van der Waals surface area (Å²) >= 11 is 0. The fourth-order valence-corrected chi connectivity index (χ4v) is 8.77. The highest BCUT2D eigenvalue weighted by Gasteiger charge is 2.38. The van der Waals surface area contributed by atoms with E-state index in [0.29, 0.717) is 17.5 Å². The number of nitrogens with zero attached hydrogens (tertiary/aromatic N) is 4. The van der Waals surface area contributed by atoms with Gasteiger partial charge >= 0.3 is 0 Å². The van der Waals surface area contributed by atoms with Gasteiger partial charge in [-0.3, -0.25) is 0 Å². The Bertz CT molecular complexity index is 2920. The Hall–Kier alpha value is -6.39. The van der Waals surface area contributed by atoms with Gasteiger partial charge in [0.15, 0.2) is 17.5 Å². The lowest BCUT2D eigenvalue weighted by atomic mass is 9.63. The Labute approximate surface area is 322 Å². The zero-order chi connectivity index (χ0) is 37.3. The lowest BCUT2D eigenvalue weighted by Gasteiger charge is -2.42. The standard InChI is InChI=1S/C51H42N4/c1-50(2)28-29-51(3,4)43-32-46-41(31-42(43)50)39-24-13-14-25-44(39)55(46)45-27-26-40(37-22-11-12-23-38(37)45)49-53-47(34-18-9-6-10-19-34)52-48(54-49)36-21-15-20-35(30-36)33-16-7-5-8-17-33/h5-27,30-32H,28-29H2,1-4H3. The molecule has 4 heteroatoms. The van der Waals surface area contributed by atoms with Gasteiger partial charge in [0, 0.05) is 32.8 Å². The molecule has 0 saturated heterocycles. The smallest absolute Gasteiger partial charge is 0.164 e. The lowest BCUT2D eigenvalue weighted by Crippen LogP contribution is -2.33. The highest BCUT2D eigenvalue weighted by Crippen LogP contribution is 2.49. The largest absolute Gasteiger partial charge is 0.309 e. The molecule has 2 heterocycles. The molecule has 266 valence electrons. The normalized spacial score (nSPS) is 14.7. The number of benzene rings is 7. The van der Waals surface area contributed by atoms with Gasteiger partial charge in [0.2, 0.25) is 0 Å². The van der Waals surface area contributed by atoms with E-state index in [1.165, 1.54) is 45.8 Å². The molecule has 0 fully saturated rings. The van der Waals surface area contributed by atoms with Crippen molar-refractivity contribution < 1.29 is 0 Å². The Morgan fingerprint density at radius 2 is 0.945 bits per heavy atom. The maximum Gasteiger partial charge on any atom is 0.164 e. The first-order valence-corrected chi connectivity index (χ1v) is 19.3. The molecule has 55 heavy (non-hydrogen) atoms. The van der Waals surface area contributed by atoms with Crippen LogP contribution in [0.15, 0.2) is 158 Å². The second kappa shape index (κ2) is 12.6. The molecule has 9 aromatic rings. The van der Waals surface area contributed by atoms with E-state index in [9.17, 15) is 0 Å². The van der Waals surface area contributed by atoms with Gasteiger partial charge in [-0.25, -0.2) is 15.0 Å². The zero-order valence-corrected chi connectivity index (χ0v) is 31.7. The van der Waals surface area contributed by atoms with E-state index in [4.69, 9.17) is 15.0 Å². The van der Waals surface area contributed by atoms with Crippen LogP contribution in [0.2, 0.25) is 0 Å². The lowest BCUT2D eigenvalue weighted by molar-refractivity contribution is 0.332. The van der Waals surface area contributed by atoms with Crippen molar-refractivity contribution in [3.8, 4) is 51.0 Å². The quantitative estimate of drug-likeness (QED) is 0.179. The van der Waals surface area contributed by atoms with E-state index in [1.807, 2.05) is 24.3 Å². The summed E-state index contributed by atoms with van der Waals surface area (Å²) in [5.74, 6) is 1.95. The molecule has 0 unspecified atom stereocenters. The van der Waals surface area contributed by atoms with E-state index < -0.39 is 0 Å². The predicted molar refractivity (Wildman–Crippen MR) is 229 cm³/mol. The average Bonchev–Trinajstić information content (AvgIpc) is 3.55. The molecule has 0 radical (unpaired) electrons. The third kappa shape index (κ3) is 5.55. The van der Waals surface area contributed by atoms with Gasteiger partial charge < -0.3 is 4.57 Å². The molecule has 1 aliphatic carbocycles.